The molecular formula is C11H17ClN2O2S. The van der Waals surface area contributed by atoms with Gasteiger partial charge in [0.05, 0.1) is 17.1 Å². The summed E-state index contributed by atoms with van der Waals surface area (Å²) in [5.74, 6) is 0. The van der Waals surface area contributed by atoms with Crippen LogP contribution >= 0.6 is 11.6 Å². The lowest BCUT2D eigenvalue weighted by atomic mass is 10.2. The Balaban J connectivity index is 2.81. The Morgan fingerprint density at radius 3 is 2.59 bits per heavy atom. The minimum absolute atomic E-state index is 0.341. The summed E-state index contributed by atoms with van der Waals surface area (Å²) in [6, 6.07) is 3.16. The van der Waals surface area contributed by atoms with Crippen LogP contribution in [0.1, 0.15) is 33.1 Å². The summed E-state index contributed by atoms with van der Waals surface area (Å²) in [5.41, 5.74) is 0.448. The first kappa shape index (κ1) is 14.3. The van der Waals surface area contributed by atoms with Gasteiger partial charge < -0.3 is 0 Å². The molecule has 96 valence electrons. The Labute approximate surface area is 107 Å². The van der Waals surface area contributed by atoms with Gasteiger partial charge in [-0.1, -0.05) is 31.9 Å². The molecule has 0 aliphatic carbocycles. The maximum atomic E-state index is 12.0. The van der Waals surface area contributed by atoms with Crippen molar-refractivity contribution in [3.05, 3.63) is 23.5 Å². The van der Waals surface area contributed by atoms with Crippen molar-refractivity contribution in [3.63, 3.8) is 0 Å². The van der Waals surface area contributed by atoms with E-state index in [0.717, 1.165) is 6.42 Å². The minimum atomic E-state index is -3.33. The van der Waals surface area contributed by atoms with Crippen LogP contribution in [0.15, 0.2) is 18.3 Å². The second-order valence-corrected chi connectivity index (χ2v) is 6.18. The van der Waals surface area contributed by atoms with Crippen LogP contribution in [0.2, 0.25) is 5.15 Å². The zero-order chi connectivity index (χ0) is 12.9. The molecule has 0 amide bonds. The van der Waals surface area contributed by atoms with Gasteiger partial charge in [-0.3, -0.25) is 4.72 Å². The van der Waals surface area contributed by atoms with E-state index in [2.05, 4.69) is 9.71 Å². The predicted octanol–water partition coefficient (Wildman–Crippen LogP) is 3.06. The van der Waals surface area contributed by atoms with Gasteiger partial charge in [-0.25, -0.2) is 13.4 Å². The maximum Gasteiger partial charge on any atom is 0.235 e. The quantitative estimate of drug-likeness (QED) is 0.813. The molecule has 0 unspecified atom stereocenters. The highest BCUT2D eigenvalue weighted by Crippen LogP contribution is 2.17. The number of nitrogens with zero attached hydrogens (tertiary/aromatic N) is 1. The smallest absolute Gasteiger partial charge is 0.235 e. The first-order chi connectivity index (χ1) is 7.99. The molecule has 1 aromatic heterocycles. The molecule has 0 saturated heterocycles. The summed E-state index contributed by atoms with van der Waals surface area (Å²) < 4.78 is 26.6. The van der Waals surface area contributed by atoms with E-state index in [9.17, 15) is 8.42 Å². The van der Waals surface area contributed by atoms with Crippen LogP contribution in [0.3, 0.4) is 0 Å². The van der Waals surface area contributed by atoms with Crippen molar-refractivity contribution in [2.75, 3.05) is 4.72 Å². The zero-order valence-electron chi connectivity index (χ0n) is 9.98. The van der Waals surface area contributed by atoms with Crippen LogP contribution in [0.25, 0.3) is 0 Å². The van der Waals surface area contributed by atoms with Gasteiger partial charge in [0.25, 0.3) is 0 Å². The number of aromatic nitrogens is 1. The van der Waals surface area contributed by atoms with Crippen molar-refractivity contribution < 1.29 is 8.42 Å². The lowest BCUT2D eigenvalue weighted by molar-refractivity contribution is 0.569. The summed E-state index contributed by atoms with van der Waals surface area (Å²) in [6.07, 6.45) is 3.52. The Morgan fingerprint density at radius 1 is 1.41 bits per heavy atom. The second-order valence-electron chi connectivity index (χ2n) is 3.84. The summed E-state index contributed by atoms with van der Waals surface area (Å²) >= 11 is 5.63. The highest BCUT2D eigenvalue weighted by molar-refractivity contribution is 7.93. The van der Waals surface area contributed by atoms with Crippen LogP contribution in [0.5, 0.6) is 0 Å². The molecule has 0 saturated carbocycles. The summed E-state index contributed by atoms with van der Waals surface area (Å²) in [6.45, 7) is 3.85. The first-order valence-corrected chi connectivity index (χ1v) is 7.55. The molecule has 4 nitrogen and oxygen atoms in total. The Morgan fingerprint density at radius 2 is 2.12 bits per heavy atom. The van der Waals surface area contributed by atoms with E-state index >= 15 is 0 Å². The molecule has 0 aliphatic rings. The Kier molecular flexibility index (Phi) is 5.21. The van der Waals surface area contributed by atoms with Crippen LogP contribution in [0.4, 0.5) is 5.69 Å². The molecule has 0 aliphatic heterocycles. The molecule has 1 atom stereocenters. The zero-order valence-corrected chi connectivity index (χ0v) is 11.6. The number of sulfonamides is 1. The summed E-state index contributed by atoms with van der Waals surface area (Å²) in [7, 11) is -3.33. The molecular weight excluding hydrogens is 260 g/mol. The lowest BCUT2D eigenvalue weighted by Crippen LogP contribution is -2.27. The average molecular weight is 277 g/mol. The Bertz CT molecular complexity index is 445. The largest absolute Gasteiger partial charge is 0.282 e. The van der Waals surface area contributed by atoms with E-state index in [0.29, 0.717) is 23.7 Å². The van der Waals surface area contributed by atoms with Gasteiger partial charge in [-0.05, 0) is 25.0 Å². The SMILES string of the molecule is CCC[C@H](CC)S(=O)(=O)Nc1ccc(Cl)nc1. The molecule has 0 radical (unpaired) electrons. The number of anilines is 1. The van der Waals surface area contributed by atoms with Crippen molar-refractivity contribution in [2.24, 2.45) is 0 Å². The highest BCUT2D eigenvalue weighted by Gasteiger charge is 2.22. The Hall–Kier alpha value is -0.810. The number of hydrogen-bond acceptors (Lipinski definition) is 3. The van der Waals surface area contributed by atoms with E-state index in [1.54, 1.807) is 12.1 Å². The highest BCUT2D eigenvalue weighted by atomic mass is 35.5. The van der Waals surface area contributed by atoms with Crippen molar-refractivity contribution in [2.45, 2.75) is 38.4 Å². The van der Waals surface area contributed by atoms with Crippen LogP contribution in [0, 0.1) is 0 Å². The van der Waals surface area contributed by atoms with Crippen LogP contribution in [-0.2, 0) is 10.0 Å². The minimum Gasteiger partial charge on any atom is -0.282 e. The maximum absolute atomic E-state index is 12.0. The van der Waals surface area contributed by atoms with E-state index in [4.69, 9.17) is 11.6 Å². The van der Waals surface area contributed by atoms with Crippen molar-refractivity contribution in [1.29, 1.82) is 0 Å². The standard InChI is InChI=1S/C11H17ClN2O2S/c1-3-5-10(4-2)17(15,16)14-9-6-7-11(12)13-8-9/h6-8,10,14H,3-5H2,1-2H3/t10-/m0/s1. The number of pyridine rings is 1. The fraction of sp³-hybridized carbons (Fsp3) is 0.545. The molecule has 1 rings (SSSR count). The third kappa shape index (κ3) is 4.16. The normalized spacial score (nSPS) is 13.4. The molecule has 0 spiro atoms. The molecule has 1 aromatic rings. The van der Waals surface area contributed by atoms with Gasteiger partial charge in [-0.2, -0.15) is 0 Å². The van der Waals surface area contributed by atoms with Crippen molar-refractivity contribution >= 4 is 27.3 Å². The molecule has 17 heavy (non-hydrogen) atoms. The first-order valence-electron chi connectivity index (χ1n) is 5.62. The average Bonchev–Trinajstić information content (AvgIpc) is 2.28. The topological polar surface area (TPSA) is 59.1 Å². The third-order valence-corrected chi connectivity index (χ3v) is 4.68. The number of nitrogens with one attached hydrogen (secondary N) is 1. The van der Waals surface area contributed by atoms with E-state index in [1.807, 2.05) is 13.8 Å². The van der Waals surface area contributed by atoms with Gasteiger partial charge in [0.15, 0.2) is 0 Å². The second kappa shape index (κ2) is 6.21. The fourth-order valence-corrected chi connectivity index (χ4v) is 3.30. The molecule has 6 heteroatoms. The number of halogens is 1. The molecule has 1 N–H and O–H groups in total. The third-order valence-electron chi connectivity index (χ3n) is 2.49. The monoisotopic (exact) mass is 276 g/mol. The van der Waals surface area contributed by atoms with Gasteiger partial charge in [0, 0.05) is 0 Å². The summed E-state index contributed by atoms with van der Waals surface area (Å²) in [4.78, 5) is 3.83. The number of rotatable bonds is 6. The van der Waals surface area contributed by atoms with Crippen LogP contribution in [-0.4, -0.2) is 18.7 Å². The molecule has 0 fully saturated rings. The predicted molar refractivity (Wildman–Crippen MR) is 70.8 cm³/mol. The fourth-order valence-electron chi connectivity index (χ4n) is 1.58. The molecule has 1 heterocycles. The molecule has 0 aromatic carbocycles. The number of hydrogen-bond donors (Lipinski definition) is 1. The van der Waals surface area contributed by atoms with Gasteiger partial charge in [0.1, 0.15) is 5.15 Å². The van der Waals surface area contributed by atoms with Gasteiger partial charge >= 0.3 is 0 Å². The van der Waals surface area contributed by atoms with E-state index < -0.39 is 10.0 Å². The van der Waals surface area contributed by atoms with Crippen molar-refractivity contribution in [1.82, 2.24) is 4.98 Å². The lowest BCUT2D eigenvalue weighted by Gasteiger charge is -2.16. The molecule has 0 bridgehead atoms. The van der Waals surface area contributed by atoms with Crippen molar-refractivity contribution in [3.8, 4) is 0 Å². The van der Waals surface area contributed by atoms with Crippen LogP contribution < -0.4 is 4.72 Å². The summed E-state index contributed by atoms with van der Waals surface area (Å²) in [5, 5.41) is -0.0169. The van der Waals surface area contributed by atoms with Gasteiger partial charge in [0.2, 0.25) is 10.0 Å². The van der Waals surface area contributed by atoms with E-state index in [-0.39, 0.29) is 5.25 Å². The van der Waals surface area contributed by atoms with E-state index in [1.165, 1.54) is 6.20 Å². The van der Waals surface area contributed by atoms with Gasteiger partial charge in [-0.15, -0.1) is 0 Å².